The smallest absolute Gasteiger partial charge is 0.141 e. The van der Waals surface area contributed by atoms with Gasteiger partial charge in [-0.05, 0) is 33.8 Å². The van der Waals surface area contributed by atoms with Crippen molar-refractivity contribution in [1.82, 2.24) is 0 Å². The van der Waals surface area contributed by atoms with Gasteiger partial charge >= 0.3 is 0 Å². The Morgan fingerprint density at radius 1 is 1.31 bits per heavy atom. The Balaban J connectivity index is 2.31. The Morgan fingerprint density at radius 3 is 2.54 bits per heavy atom. The lowest BCUT2D eigenvalue weighted by Crippen LogP contribution is -2.14. The average molecular weight is 182 g/mol. The molecule has 0 N–H and O–H groups in total. The third-order valence-electron chi connectivity index (χ3n) is 1.64. The second-order valence-electron chi connectivity index (χ2n) is 3.83. The van der Waals surface area contributed by atoms with Crippen LogP contribution in [0.1, 0.15) is 34.1 Å². The predicted molar refractivity (Wildman–Crippen MR) is 52.4 cm³/mol. The van der Waals surface area contributed by atoms with Crippen molar-refractivity contribution in [2.45, 2.75) is 52.4 Å². The standard InChI is InChI=1S/C11H18O2/c1-8(2)12-10-5-6-11(7-10)13-9(3)4/h5,8-10H,7H2,1-4H3. The molecule has 0 aromatic carbocycles. The molecule has 0 saturated carbocycles. The third kappa shape index (κ3) is 3.67. The highest BCUT2D eigenvalue weighted by Crippen LogP contribution is 2.18. The van der Waals surface area contributed by atoms with Crippen LogP contribution in [0.25, 0.3) is 0 Å². The van der Waals surface area contributed by atoms with Crippen LogP contribution < -0.4 is 0 Å². The molecular weight excluding hydrogens is 164 g/mol. The molecule has 1 aliphatic carbocycles. The molecule has 0 radical (unpaired) electrons. The van der Waals surface area contributed by atoms with Crippen molar-refractivity contribution in [1.29, 1.82) is 0 Å². The summed E-state index contributed by atoms with van der Waals surface area (Å²) in [6, 6.07) is 0. The van der Waals surface area contributed by atoms with Gasteiger partial charge in [-0.2, -0.15) is 0 Å². The van der Waals surface area contributed by atoms with Crippen LogP contribution in [0.3, 0.4) is 0 Å². The third-order valence-corrected chi connectivity index (χ3v) is 1.64. The maximum atomic E-state index is 5.60. The Morgan fingerprint density at radius 2 is 2.00 bits per heavy atom. The van der Waals surface area contributed by atoms with Crippen LogP contribution in [-0.4, -0.2) is 18.3 Å². The summed E-state index contributed by atoms with van der Waals surface area (Å²) in [6.45, 7) is 8.11. The van der Waals surface area contributed by atoms with Crippen LogP contribution in [0.5, 0.6) is 0 Å². The van der Waals surface area contributed by atoms with Crippen molar-refractivity contribution in [2.24, 2.45) is 0 Å². The molecule has 13 heavy (non-hydrogen) atoms. The van der Waals surface area contributed by atoms with Crippen molar-refractivity contribution < 1.29 is 9.47 Å². The fourth-order valence-electron chi connectivity index (χ4n) is 1.29. The second kappa shape index (κ2) is 4.50. The average Bonchev–Trinajstić information content (AvgIpc) is 2.33. The first-order chi connectivity index (χ1) is 6.08. The van der Waals surface area contributed by atoms with E-state index in [1.807, 2.05) is 33.8 Å². The van der Waals surface area contributed by atoms with Crippen molar-refractivity contribution in [3.63, 3.8) is 0 Å². The maximum absolute atomic E-state index is 5.60. The molecule has 2 heteroatoms. The Kier molecular flexibility index (Phi) is 3.58. The minimum absolute atomic E-state index is 0.161. The predicted octanol–water partition coefficient (Wildman–Crippen LogP) is 2.65. The molecular formula is C11H18O2. The molecule has 0 fully saturated rings. The second-order valence-corrected chi connectivity index (χ2v) is 3.83. The van der Waals surface area contributed by atoms with Crippen LogP contribution in [0.4, 0.5) is 0 Å². The number of hydrogen-bond acceptors (Lipinski definition) is 2. The first kappa shape index (κ1) is 10.4. The number of ether oxygens (including phenoxy) is 2. The van der Waals surface area contributed by atoms with Gasteiger partial charge in [-0.15, -0.1) is 0 Å². The molecule has 0 aromatic heterocycles. The molecule has 1 aliphatic rings. The lowest BCUT2D eigenvalue weighted by molar-refractivity contribution is 0.0271. The van der Waals surface area contributed by atoms with Gasteiger partial charge in [0.2, 0.25) is 0 Å². The zero-order valence-corrected chi connectivity index (χ0v) is 8.83. The van der Waals surface area contributed by atoms with Crippen LogP contribution in [0.2, 0.25) is 0 Å². The summed E-state index contributed by atoms with van der Waals surface area (Å²) in [5.41, 5.74) is 3.09. The van der Waals surface area contributed by atoms with E-state index in [4.69, 9.17) is 9.47 Å². The summed E-state index contributed by atoms with van der Waals surface area (Å²) in [5, 5.41) is 0. The molecule has 0 aromatic rings. The van der Waals surface area contributed by atoms with Crippen molar-refractivity contribution in [3.8, 4) is 0 Å². The van der Waals surface area contributed by atoms with E-state index in [2.05, 4.69) is 5.73 Å². The summed E-state index contributed by atoms with van der Waals surface area (Å²) in [7, 11) is 0. The summed E-state index contributed by atoms with van der Waals surface area (Å²) in [4.78, 5) is 0. The monoisotopic (exact) mass is 182 g/mol. The van der Waals surface area contributed by atoms with E-state index < -0.39 is 0 Å². The van der Waals surface area contributed by atoms with E-state index in [1.54, 1.807) is 0 Å². The quantitative estimate of drug-likeness (QED) is 0.622. The SMILES string of the molecule is CC(C)OC1=C=CC(OC(C)C)C1. The van der Waals surface area contributed by atoms with Crippen LogP contribution in [0, 0.1) is 0 Å². The molecule has 0 bridgehead atoms. The van der Waals surface area contributed by atoms with Gasteiger partial charge in [-0.1, -0.05) is 5.73 Å². The normalized spacial score (nSPS) is 21.4. The van der Waals surface area contributed by atoms with Crippen molar-refractivity contribution in [3.05, 3.63) is 17.6 Å². The Labute approximate surface area is 80.2 Å². The van der Waals surface area contributed by atoms with E-state index in [-0.39, 0.29) is 18.3 Å². The van der Waals surface area contributed by atoms with E-state index in [1.165, 1.54) is 0 Å². The highest BCUT2D eigenvalue weighted by atomic mass is 16.5. The fraction of sp³-hybridized carbons (Fsp3) is 0.727. The molecule has 1 rings (SSSR count). The molecule has 1 atom stereocenters. The van der Waals surface area contributed by atoms with Crippen molar-refractivity contribution in [2.75, 3.05) is 0 Å². The van der Waals surface area contributed by atoms with Gasteiger partial charge < -0.3 is 9.47 Å². The Hall–Kier alpha value is -0.720. The van der Waals surface area contributed by atoms with E-state index in [9.17, 15) is 0 Å². The van der Waals surface area contributed by atoms with E-state index >= 15 is 0 Å². The van der Waals surface area contributed by atoms with Crippen molar-refractivity contribution >= 4 is 0 Å². The molecule has 74 valence electrons. The summed E-state index contributed by atoms with van der Waals surface area (Å²) in [6.07, 6.45) is 3.43. The van der Waals surface area contributed by atoms with Gasteiger partial charge in [0.05, 0.1) is 18.3 Å². The molecule has 0 saturated heterocycles. The first-order valence-corrected chi connectivity index (χ1v) is 4.85. The summed E-state index contributed by atoms with van der Waals surface area (Å²) < 4.78 is 11.1. The van der Waals surface area contributed by atoms with Gasteiger partial charge in [0.15, 0.2) is 0 Å². The molecule has 0 aliphatic heterocycles. The first-order valence-electron chi connectivity index (χ1n) is 4.85. The minimum atomic E-state index is 0.161. The van der Waals surface area contributed by atoms with Gasteiger partial charge in [-0.3, -0.25) is 0 Å². The van der Waals surface area contributed by atoms with Gasteiger partial charge in [-0.25, -0.2) is 0 Å². The zero-order valence-electron chi connectivity index (χ0n) is 8.83. The minimum Gasteiger partial charge on any atom is -0.487 e. The van der Waals surface area contributed by atoms with Gasteiger partial charge in [0.25, 0.3) is 0 Å². The Bertz CT molecular complexity index is 222. The topological polar surface area (TPSA) is 18.5 Å². The molecule has 0 spiro atoms. The largest absolute Gasteiger partial charge is 0.487 e. The maximum Gasteiger partial charge on any atom is 0.141 e. The molecule has 1 unspecified atom stereocenters. The van der Waals surface area contributed by atoms with Gasteiger partial charge in [0, 0.05) is 6.42 Å². The lowest BCUT2D eigenvalue weighted by Gasteiger charge is -2.15. The molecule has 0 amide bonds. The van der Waals surface area contributed by atoms with Crippen LogP contribution >= 0.6 is 0 Å². The van der Waals surface area contributed by atoms with Crippen LogP contribution in [-0.2, 0) is 9.47 Å². The summed E-state index contributed by atoms with van der Waals surface area (Å²) >= 11 is 0. The summed E-state index contributed by atoms with van der Waals surface area (Å²) in [5.74, 6) is 0.917. The van der Waals surface area contributed by atoms with Crippen LogP contribution in [0.15, 0.2) is 17.6 Å². The van der Waals surface area contributed by atoms with E-state index in [0.717, 1.165) is 12.2 Å². The highest BCUT2D eigenvalue weighted by molar-refractivity contribution is 5.08. The lowest BCUT2D eigenvalue weighted by atomic mass is 10.3. The number of rotatable bonds is 4. The fourth-order valence-corrected chi connectivity index (χ4v) is 1.29. The zero-order chi connectivity index (χ0) is 9.84. The highest BCUT2D eigenvalue weighted by Gasteiger charge is 2.16. The molecule has 2 nitrogen and oxygen atoms in total. The number of hydrogen-bond donors (Lipinski definition) is 0. The van der Waals surface area contributed by atoms with E-state index in [0.29, 0.717) is 0 Å². The van der Waals surface area contributed by atoms with Gasteiger partial charge in [0.1, 0.15) is 5.76 Å². The molecule has 0 heterocycles.